The van der Waals surface area contributed by atoms with Gasteiger partial charge in [-0.3, -0.25) is 4.55 Å². The molecule has 2 saturated heterocycles. The first-order chi connectivity index (χ1) is 13.0. The minimum absolute atomic E-state index is 0.206. The average molecular weight is 530 g/mol. The third-order valence-electron chi connectivity index (χ3n) is 4.09. The van der Waals surface area contributed by atoms with Gasteiger partial charge < -0.3 is 23.7 Å². The number of carbonyl (C=O) groups excluding carboxylic acids is 1. The summed E-state index contributed by atoms with van der Waals surface area (Å²) in [5.74, 6) is -3.79. The molecule has 0 spiro atoms. The molecule has 4 atom stereocenters. The van der Waals surface area contributed by atoms with Gasteiger partial charge in [0.2, 0.25) is 0 Å². The molecule has 12 heteroatoms. The molecule has 10 nitrogen and oxygen atoms in total. The van der Waals surface area contributed by atoms with Gasteiger partial charge in [0.15, 0.2) is 11.9 Å². The summed E-state index contributed by atoms with van der Waals surface area (Å²) in [7, 11) is -3.76. The highest BCUT2D eigenvalue weighted by atomic mass is 127. The largest absolute Gasteiger partial charge is 0.491 e. The van der Waals surface area contributed by atoms with Gasteiger partial charge in [-0.15, -0.1) is 0 Å². The van der Waals surface area contributed by atoms with E-state index in [1.165, 1.54) is 13.8 Å². The van der Waals surface area contributed by atoms with Crippen molar-refractivity contribution in [2.24, 2.45) is 0 Å². The van der Waals surface area contributed by atoms with Gasteiger partial charge >= 0.3 is 22.2 Å². The van der Waals surface area contributed by atoms with Gasteiger partial charge in [0.25, 0.3) is 0 Å². The highest BCUT2D eigenvalue weighted by Crippen LogP contribution is 2.47. The Labute approximate surface area is 175 Å². The average Bonchev–Trinajstić information content (AvgIpc) is 3.00. The van der Waals surface area contributed by atoms with Crippen molar-refractivity contribution in [3.8, 4) is 5.75 Å². The van der Waals surface area contributed by atoms with Crippen molar-refractivity contribution in [2.75, 3.05) is 13.7 Å². The molecule has 2 aliphatic rings. The maximum atomic E-state index is 12.4. The second kappa shape index (κ2) is 7.66. The van der Waals surface area contributed by atoms with Crippen LogP contribution in [-0.4, -0.2) is 62.5 Å². The van der Waals surface area contributed by atoms with Gasteiger partial charge in [0, 0.05) is 3.57 Å². The normalized spacial score (nSPS) is 31.4. The summed E-state index contributed by atoms with van der Waals surface area (Å²) in [4.78, 5) is 12.4. The Hall–Kier alpha value is -1.03. The zero-order valence-corrected chi connectivity index (χ0v) is 18.1. The molecule has 28 heavy (non-hydrogen) atoms. The van der Waals surface area contributed by atoms with Crippen LogP contribution in [0.2, 0.25) is 0 Å². The lowest BCUT2D eigenvalue weighted by atomic mass is 10.1. The predicted molar refractivity (Wildman–Crippen MR) is 101 cm³/mol. The Morgan fingerprint density at radius 3 is 2.64 bits per heavy atom. The van der Waals surface area contributed by atoms with Crippen LogP contribution in [0.25, 0.3) is 0 Å². The van der Waals surface area contributed by atoms with E-state index in [0.717, 1.165) is 10.7 Å². The van der Waals surface area contributed by atoms with Crippen molar-refractivity contribution < 1.29 is 45.6 Å². The number of hydrogen-bond donors (Lipinski definition) is 1. The van der Waals surface area contributed by atoms with Crippen LogP contribution in [0.4, 0.5) is 0 Å². The Balaban J connectivity index is 1.89. The fourth-order valence-corrected chi connectivity index (χ4v) is 4.18. The summed E-state index contributed by atoms with van der Waals surface area (Å²) >= 11 is 2.11. The smallest absolute Gasteiger partial charge is 0.397 e. The van der Waals surface area contributed by atoms with Crippen LogP contribution >= 0.6 is 22.6 Å². The maximum absolute atomic E-state index is 12.4. The fraction of sp³-hybridized carbons (Fsp3) is 0.562. The summed E-state index contributed by atoms with van der Waals surface area (Å²) < 4.78 is 65.0. The van der Waals surface area contributed by atoms with Crippen LogP contribution in [0.1, 0.15) is 13.8 Å². The minimum Gasteiger partial charge on any atom is -0.491 e. The summed E-state index contributed by atoms with van der Waals surface area (Å²) in [6, 6.07) is 7.09. The van der Waals surface area contributed by atoms with Crippen molar-refractivity contribution in [3.05, 3.63) is 27.8 Å². The molecular formula is C16H19IO10S. The Morgan fingerprint density at radius 2 is 2.04 bits per heavy atom. The number of methoxy groups -OCH3 is 1. The van der Waals surface area contributed by atoms with Crippen LogP contribution in [0.15, 0.2) is 24.3 Å². The SMILES string of the molecule is COC(=O)[C@@]12O[C@@H](COc3cccc(I)c3)[C@@H](OS(=O)(=O)O)[C@@H]1OC(C)(C)O2. The molecular weight excluding hydrogens is 511 g/mol. The van der Waals surface area contributed by atoms with Crippen molar-refractivity contribution >= 4 is 39.0 Å². The Morgan fingerprint density at radius 1 is 1.32 bits per heavy atom. The molecule has 2 aliphatic heterocycles. The molecule has 2 heterocycles. The van der Waals surface area contributed by atoms with E-state index in [9.17, 15) is 17.8 Å². The van der Waals surface area contributed by atoms with E-state index in [0.29, 0.717) is 5.75 Å². The molecule has 0 saturated carbocycles. The quantitative estimate of drug-likeness (QED) is 0.327. The minimum atomic E-state index is -4.89. The lowest BCUT2D eigenvalue weighted by Gasteiger charge is -2.26. The summed E-state index contributed by atoms with van der Waals surface area (Å²) in [5.41, 5.74) is 0. The lowest BCUT2D eigenvalue weighted by Crippen LogP contribution is -2.49. The van der Waals surface area contributed by atoms with Gasteiger partial charge in [-0.2, -0.15) is 8.42 Å². The molecule has 0 unspecified atom stereocenters. The van der Waals surface area contributed by atoms with E-state index >= 15 is 0 Å². The number of fused-ring (bicyclic) bond motifs is 1. The van der Waals surface area contributed by atoms with Crippen LogP contribution in [0, 0.1) is 3.57 Å². The van der Waals surface area contributed by atoms with Gasteiger partial charge in [0.05, 0.1) is 7.11 Å². The summed E-state index contributed by atoms with van der Waals surface area (Å²) in [5, 5.41) is 0. The molecule has 0 aliphatic carbocycles. The predicted octanol–water partition coefficient (Wildman–Crippen LogP) is 1.28. The van der Waals surface area contributed by atoms with E-state index in [2.05, 4.69) is 22.6 Å². The van der Waals surface area contributed by atoms with Crippen molar-refractivity contribution in [1.29, 1.82) is 0 Å². The zero-order valence-electron chi connectivity index (χ0n) is 15.2. The molecule has 2 fully saturated rings. The summed E-state index contributed by atoms with van der Waals surface area (Å²) in [6.07, 6.45) is -3.86. The molecule has 156 valence electrons. The van der Waals surface area contributed by atoms with Gasteiger partial charge in [-0.05, 0) is 54.6 Å². The Kier molecular flexibility index (Phi) is 5.93. The molecule has 3 rings (SSSR count). The number of hydrogen-bond acceptors (Lipinski definition) is 9. The lowest BCUT2D eigenvalue weighted by molar-refractivity contribution is -0.265. The molecule has 0 bridgehead atoms. The highest BCUT2D eigenvalue weighted by Gasteiger charge is 2.71. The van der Waals surface area contributed by atoms with Crippen molar-refractivity contribution in [3.63, 3.8) is 0 Å². The van der Waals surface area contributed by atoms with Crippen LogP contribution in [0.5, 0.6) is 5.75 Å². The fourth-order valence-electron chi connectivity index (χ4n) is 3.16. The van der Waals surface area contributed by atoms with Gasteiger partial charge in [-0.1, -0.05) is 6.07 Å². The zero-order chi connectivity index (χ0) is 20.7. The van der Waals surface area contributed by atoms with E-state index in [1.807, 2.05) is 6.07 Å². The van der Waals surface area contributed by atoms with E-state index in [4.69, 9.17) is 27.9 Å². The number of ether oxygens (including phenoxy) is 5. The van der Waals surface area contributed by atoms with Crippen molar-refractivity contribution in [1.82, 2.24) is 0 Å². The van der Waals surface area contributed by atoms with Gasteiger partial charge in [0.1, 0.15) is 24.6 Å². The first-order valence-corrected chi connectivity index (χ1v) is 10.6. The van der Waals surface area contributed by atoms with Crippen LogP contribution in [0.3, 0.4) is 0 Å². The number of halogens is 1. The van der Waals surface area contributed by atoms with E-state index < -0.39 is 46.3 Å². The topological polar surface area (TPSA) is 127 Å². The second-order valence-corrected chi connectivity index (χ2v) is 8.91. The first-order valence-electron chi connectivity index (χ1n) is 8.14. The molecule has 1 N–H and O–H groups in total. The molecule has 0 radical (unpaired) electrons. The van der Waals surface area contributed by atoms with E-state index in [1.54, 1.807) is 18.2 Å². The van der Waals surface area contributed by atoms with Crippen LogP contribution < -0.4 is 4.74 Å². The number of benzene rings is 1. The maximum Gasteiger partial charge on any atom is 0.397 e. The highest BCUT2D eigenvalue weighted by molar-refractivity contribution is 14.1. The molecule has 0 aromatic heterocycles. The molecule has 0 amide bonds. The Bertz CT molecular complexity index is 857. The number of esters is 1. The second-order valence-electron chi connectivity index (χ2n) is 6.61. The third-order valence-corrected chi connectivity index (χ3v) is 5.22. The summed E-state index contributed by atoms with van der Waals surface area (Å²) in [6.45, 7) is 2.82. The van der Waals surface area contributed by atoms with Crippen molar-refractivity contribution in [2.45, 2.75) is 43.7 Å². The van der Waals surface area contributed by atoms with Gasteiger partial charge in [-0.25, -0.2) is 8.98 Å². The number of rotatable bonds is 6. The molecule has 1 aromatic rings. The van der Waals surface area contributed by atoms with E-state index in [-0.39, 0.29) is 6.61 Å². The monoisotopic (exact) mass is 530 g/mol. The standard InChI is InChI=1S/C16H19IO10S/c1-15(2)25-13-12(26-28(19,20)21)11(24-16(13,27-15)14(18)22-3)8-23-10-6-4-5-9(17)7-10/h4-7,11-13H,8H2,1-3H3,(H,19,20,21)/t11-,12+,13-,16+/m0/s1. The number of carbonyl (C=O) groups is 1. The molecule has 1 aromatic carbocycles. The first kappa shape index (κ1) is 21.7. The van der Waals surface area contributed by atoms with Crippen LogP contribution in [-0.2, 0) is 38.3 Å². The third kappa shape index (κ3) is 4.42.